The van der Waals surface area contributed by atoms with E-state index in [1.807, 2.05) is 36.9 Å². The van der Waals surface area contributed by atoms with Crippen LogP contribution in [0.15, 0.2) is 23.1 Å². The van der Waals surface area contributed by atoms with E-state index in [4.69, 9.17) is 10.5 Å². The molecule has 1 aliphatic heterocycles. The van der Waals surface area contributed by atoms with Crippen molar-refractivity contribution in [3.63, 3.8) is 0 Å². The average molecular weight is 280 g/mol. The van der Waals surface area contributed by atoms with E-state index >= 15 is 0 Å². The molecule has 0 aliphatic carbocycles. The summed E-state index contributed by atoms with van der Waals surface area (Å²) in [4.78, 5) is 15.0. The number of rotatable bonds is 3. The number of hydrogen-bond donors (Lipinski definition) is 1. The molecule has 0 radical (unpaired) electrons. The molecule has 1 unspecified atom stereocenters. The Morgan fingerprint density at radius 3 is 3.11 bits per heavy atom. The van der Waals surface area contributed by atoms with E-state index in [1.54, 1.807) is 0 Å². The number of benzene rings is 1. The number of anilines is 1. The van der Waals surface area contributed by atoms with Crippen molar-refractivity contribution in [1.29, 1.82) is 0 Å². The lowest BCUT2D eigenvalue weighted by Crippen LogP contribution is -2.45. The Balaban J connectivity index is 1.91. The molecule has 19 heavy (non-hydrogen) atoms. The maximum absolute atomic E-state index is 12.1. The fourth-order valence-electron chi connectivity index (χ4n) is 2.04. The molecular weight excluding hydrogens is 260 g/mol. The summed E-state index contributed by atoms with van der Waals surface area (Å²) in [6.07, 6.45) is 0.131. The number of nitrogens with zero attached hydrogens (tertiary/aromatic N) is 1. The Hall–Kier alpha value is -1.20. The first-order valence-electron chi connectivity index (χ1n) is 6.44. The SMILES string of the molecule is Cc1ccc(N)c(SCC(=O)N2CCOC(C)C2)c1. The lowest BCUT2D eigenvalue weighted by Gasteiger charge is -2.31. The van der Waals surface area contributed by atoms with Crippen LogP contribution in [0.5, 0.6) is 0 Å². The normalized spacial score (nSPS) is 19.5. The van der Waals surface area contributed by atoms with Gasteiger partial charge in [0.2, 0.25) is 5.91 Å². The molecule has 1 heterocycles. The van der Waals surface area contributed by atoms with E-state index in [2.05, 4.69) is 0 Å². The van der Waals surface area contributed by atoms with Crippen molar-refractivity contribution >= 4 is 23.4 Å². The molecule has 1 amide bonds. The molecule has 1 aliphatic rings. The molecule has 104 valence electrons. The topological polar surface area (TPSA) is 55.6 Å². The Morgan fingerprint density at radius 2 is 2.37 bits per heavy atom. The van der Waals surface area contributed by atoms with Crippen LogP contribution in [0.2, 0.25) is 0 Å². The van der Waals surface area contributed by atoms with Crippen LogP contribution in [-0.2, 0) is 9.53 Å². The van der Waals surface area contributed by atoms with Crippen molar-refractivity contribution in [2.45, 2.75) is 24.8 Å². The van der Waals surface area contributed by atoms with Crippen LogP contribution in [0.25, 0.3) is 0 Å². The first-order chi connectivity index (χ1) is 9.06. The van der Waals surface area contributed by atoms with Gasteiger partial charge in [0.05, 0.1) is 18.5 Å². The van der Waals surface area contributed by atoms with Crippen molar-refractivity contribution in [3.8, 4) is 0 Å². The average Bonchev–Trinajstić information content (AvgIpc) is 2.39. The zero-order valence-corrected chi connectivity index (χ0v) is 12.2. The predicted octanol–water partition coefficient (Wildman–Crippen LogP) is 1.92. The second-order valence-corrected chi connectivity index (χ2v) is 5.87. The largest absolute Gasteiger partial charge is 0.398 e. The van der Waals surface area contributed by atoms with Crippen LogP contribution in [0.1, 0.15) is 12.5 Å². The van der Waals surface area contributed by atoms with Crippen LogP contribution in [0.3, 0.4) is 0 Å². The van der Waals surface area contributed by atoms with Crippen LogP contribution >= 0.6 is 11.8 Å². The predicted molar refractivity (Wildman–Crippen MR) is 78.3 cm³/mol. The number of morpholine rings is 1. The minimum atomic E-state index is 0.131. The molecule has 0 saturated carbocycles. The van der Waals surface area contributed by atoms with Gasteiger partial charge in [-0.2, -0.15) is 0 Å². The monoisotopic (exact) mass is 280 g/mol. The number of nitrogens with two attached hydrogens (primary N) is 1. The van der Waals surface area contributed by atoms with Crippen molar-refractivity contribution in [2.24, 2.45) is 0 Å². The van der Waals surface area contributed by atoms with Crippen LogP contribution < -0.4 is 5.73 Å². The van der Waals surface area contributed by atoms with Gasteiger partial charge < -0.3 is 15.4 Å². The van der Waals surface area contributed by atoms with Gasteiger partial charge in [-0.25, -0.2) is 0 Å². The Morgan fingerprint density at radius 1 is 1.58 bits per heavy atom. The van der Waals surface area contributed by atoms with E-state index in [1.165, 1.54) is 11.8 Å². The second-order valence-electron chi connectivity index (χ2n) is 4.85. The van der Waals surface area contributed by atoms with Crippen LogP contribution in [0, 0.1) is 6.92 Å². The van der Waals surface area contributed by atoms with Crippen LogP contribution in [-0.4, -0.2) is 42.4 Å². The zero-order valence-electron chi connectivity index (χ0n) is 11.4. The highest BCUT2D eigenvalue weighted by atomic mass is 32.2. The van der Waals surface area contributed by atoms with Crippen molar-refractivity contribution in [2.75, 3.05) is 31.2 Å². The Kier molecular flexibility index (Phi) is 4.71. The number of aryl methyl sites for hydroxylation is 1. The highest BCUT2D eigenvalue weighted by Crippen LogP contribution is 2.26. The molecule has 2 N–H and O–H groups in total. The summed E-state index contributed by atoms with van der Waals surface area (Å²) in [5, 5.41) is 0. The maximum atomic E-state index is 12.1. The summed E-state index contributed by atoms with van der Waals surface area (Å²) in [6, 6.07) is 5.89. The summed E-state index contributed by atoms with van der Waals surface area (Å²) in [5.41, 5.74) is 7.80. The van der Waals surface area contributed by atoms with Gasteiger partial charge in [0.1, 0.15) is 0 Å². The zero-order chi connectivity index (χ0) is 13.8. The van der Waals surface area contributed by atoms with Gasteiger partial charge in [-0.05, 0) is 31.5 Å². The third kappa shape index (κ3) is 3.88. The summed E-state index contributed by atoms with van der Waals surface area (Å²) in [5.74, 6) is 0.585. The standard InChI is InChI=1S/C14H20N2O2S/c1-10-3-4-12(15)13(7-10)19-9-14(17)16-5-6-18-11(2)8-16/h3-4,7,11H,5-6,8-9,15H2,1-2H3. The lowest BCUT2D eigenvalue weighted by atomic mass is 10.2. The summed E-state index contributed by atoms with van der Waals surface area (Å²) < 4.78 is 5.44. The lowest BCUT2D eigenvalue weighted by molar-refractivity contribution is -0.135. The van der Waals surface area contributed by atoms with Gasteiger partial charge >= 0.3 is 0 Å². The number of hydrogen-bond acceptors (Lipinski definition) is 4. The quantitative estimate of drug-likeness (QED) is 0.679. The summed E-state index contributed by atoms with van der Waals surface area (Å²) in [7, 11) is 0. The minimum Gasteiger partial charge on any atom is -0.398 e. The van der Waals surface area contributed by atoms with E-state index in [9.17, 15) is 4.79 Å². The number of amides is 1. The number of carbonyl (C=O) groups is 1. The molecule has 0 aromatic heterocycles. The van der Waals surface area contributed by atoms with Gasteiger partial charge in [-0.15, -0.1) is 11.8 Å². The maximum Gasteiger partial charge on any atom is 0.233 e. The van der Waals surface area contributed by atoms with E-state index in [-0.39, 0.29) is 12.0 Å². The van der Waals surface area contributed by atoms with E-state index < -0.39 is 0 Å². The van der Waals surface area contributed by atoms with Gasteiger partial charge in [-0.1, -0.05) is 6.07 Å². The third-order valence-electron chi connectivity index (χ3n) is 3.11. The number of ether oxygens (including phenoxy) is 1. The molecule has 1 aromatic carbocycles. The smallest absolute Gasteiger partial charge is 0.233 e. The number of carbonyl (C=O) groups excluding carboxylic acids is 1. The summed E-state index contributed by atoms with van der Waals surface area (Å²) >= 11 is 1.51. The number of nitrogen functional groups attached to an aromatic ring is 1. The first kappa shape index (κ1) is 14.2. The van der Waals surface area contributed by atoms with Gasteiger partial charge in [0.15, 0.2) is 0 Å². The minimum absolute atomic E-state index is 0.131. The van der Waals surface area contributed by atoms with Crippen molar-refractivity contribution < 1.29 is 9.53 Å². The molecule has 1 atom stereocenters. The molecule has 1 fully saturated rings. The fraction of sp³-hybridized carbons (Fsp3) is 0.500. The van der Waals surface area contributed by atoms with Crippen LogP contribution in [0.4, 0.5) is 5.69 Å². The molecular formula is C14H20N2O2S. The Bertz CT molecular complexity index is 465. The molecule has 1 saturated heterocycles. The van der Waals surface area contributed by atoms with Gasteiger partial charge in [-0.3, -0.25) is 4.79 Å². The molecule has 4 nitrogen and oxygen atoms in total. The molecule has 2 rings (SSSR count). The van der Waals surface area contributed by atoms with Crippen molar-refractivity contribution in [1.82, 2.24) is 4.90 Å². The van der Waals surface area contributed by atoms with Crippen molar-refractivity contribution in [3.05, 3.63) is 23.8 Å². The third-order valence-corrected chi connectivity index (χ3v) is 4.17. The van der Waals surface area contributed by atoms with Gasteiger partial charge in [0.25, 0.3) is 0 Å². The second kappa shape index (κ2) is 6.30. The van der Waals surface area contributed by atoms with E-state index in [0.29, 0.717) is 25.4 Å². The number of thioether (sulfide) groups is 1. The van der Waals surface area contributed by atoms with Gasteiger partial charge in [0, 0.05) is 23.7 Å². The summed E-state index contributed by atoms with van der Waals surface area (Å²) in [6.45, 7) is 6.01. The highest BCUT2D eigenvalue weighted by molar-refractivity contribution is 8.00. The fourth-order valence-corrected chi connectivity index (χ4v) is 3.01. The molecule has 0 spiro atoms. The highest BCUT2D eigenvalue weighted by Gasteiger charge is 2.21. The first-order valence-corrected chi connectivity index (χ1v) is 7.43. The molecule has 5 heteroatoms. The Labute approximate surface area is 118 Å². The molecule has 1 aromatic rings. The molecule has 0 bridgehead atoms. The van der Waals surface area contributed by atoms with E-state index in [0.717, 1.165) is 16.1 Å².